The molecule has 0 bridgehead atoms. The Hall–Kier alpha value is -2.51. The summed E-state index contributed by atoms with van der Waals surface area (Å²) in [6.45, 7) is 0.625. The molecule has 0 aromatic carbocycles. The van der Waals surface area contributed by atoms with Gasteiger partial charge in [-0.3, -0.25) is 9.51 Å². The molecule has 104 valence electrons. The molecule has 0 amide bonds. The fourth-order valence-corrected chi connectivity index (χ4v) is 2.34. The highest BCUT2D eigenvalue weighted by atomic mass is 19.3. The molecule has 0 spiro atoms. The molecule has 2 aromatic heterocycles. The number of carbonyl (C=O) groups is 1. The van der Waals surface area contributed by atoms with Crippen LogP contribution in [0.2, 0.25) is 0 Å². The number of imidazole rings is 1. The van der Waals surface area contributed by atoms with Crippen LogP contribution in [0.5, 0.6) is 0 Å². The van der Waals surface area contributed by atoms with Crippen molar-refractivity contribution in [1.29, 1.82) is 0 Å². The molecule has 1 aliphatic rings. The van der Waals surface area contributed by atoms with E-state index in [1.807, 2.05) is 0 Å². The summed E-state index contributed by atoms with van der Waals surface area (Å²) in [4.78, 5) is 28.9. The summed E-state index contributed by atoms with van der Waals surface area (Å²) in [6, 6.07) is 1.05. The minimum atomic E-state index is -0.884. The van der Waals surface area contributed by atoms with Gasteiger partial charge in [0.25, 0.3) is 0 Å². The van der Waals surface area contributed by atoms with E-state index in [0.29, 0.717) is 24.7 Å². The molecule has 0 aliphatic carbocycles. The number of anilines is 1. The standard InChI is InChI=1S/C12H12FN5O2/c13-20-11(19)9-2-1-6-18(9)10-3-4-15-12(16-10)17-7-5-14-8-17/h3-5,7-9H,1-2,6H2/t9-/m1/s1. The second kappa shape index (κ2) is 5.24. The number of carbonyl (C=O) groups excluding carboxylic acids is 1. The monoisotopic (exact) mass is 277 g/mol. The van der Waals surface area contributed by atoms with Crippen molar-refractivity contribution in [1.82, 2.24) is 19.5 Å². The molecule has 1 saturated heterocycles. The first kappa shape index (κ1) is 12.5. The van der Waals surface area contributed by atoms with Crippen LogP contribution in [0.1, 0.15) is 12.8 Å². The van der Waals surface area contributed by atoms with E-state index in [0.717, 1.165) is 6.42 Å². The molecule has 2 aromatic rings. The van der Waals surface area contributed by atoms with Gasteiger partial charge in [-0.2, -0.15) is 4.98 Å². The summed E-state index contributed by atoms with van der Waals surface area (Å²) in [7, 11) is 0. The van der Waals surface area contributed by atoms with E-state index in [-0.39, 0.29) is 0 Å². The zero-order valence-corrected chi connectivity index (χ0v) is 10.5. The predicted octanol–water partition coefficient (Wildman–Crippen LogP) is 1.06. The van der Waals surface area contributed by atoms with Gasteiger partial charge in [0.2, 0.25) is 5.95 Å². The molecule has 0 radical (unpaired) electrons. The first-order valence-corrected chi connectivity index (χ1v) is 6.20. The smallest absolute Gasteiger partial charge is 0.343 e. The van der Waals surface area contributed by atoms with Gasteiger partial charge in [-0.15, -0.1) is 0 Å². The molecule has 0 unspecified atom stereocenters. The second-order valence-corrected chi connectivity index (χ2v) is 4.43. The van der Waals surface area contributed by atoms with E-state index in [2.05, 4.69) is 19.9 Å². The Morgan fingerprint density at radius 1 is 1.45 bits per heavy atom. The zero-order valence-electron chi connectivity index (χ0n) is 10.5. The lowest BCUT2D eigenvalue weighted by Gasteiger charge is -2.22. The molecule has 7 nitrogen and oxygen atoms in total. The van der Waals surface area contributed by atoms with E-state index >= 15 is 0 Å². The quantitative estimate of drug-likeness (QED) is 0.835. The van der Waals surface area contributed by atoms with Crippen LogP contribution in [0, 0.1) is 0 Å². The van der Waals surface area contributed by atoms with Crippen molar-refractivity contribution in [2.45, 2.75) is 18.9 Å². The number of aromatic nitrogens is 4. The molecule has 1 atom stereocenters. The zero-order chi connectivity index (χ0) is 13.9. The van der Waals surface area contributed by atoms with Crippen molar-refractivity contribution in [3.8, 4) is 5.95 Å². The van der Waals surface area contributed by atoms with Crippen LogP contribution in [0.25, 0.3) is 5.95 Å². The fourth-order valence-electron chi connectivity index (χ4n) is 2.34. The normalized spacial score (nSPS) is 18.2. The third kappa shape index (κ3) is 2.20. The van der Waals surface area contributed by atoms with Crippen molar-refractivity contribution in [3.05, 3.63) is 31.0 Å². The first-order chi connectivity index (χ1) is 9.79. The molecule has 0 saturated carbocycles. The number of nitrogens with zero attached hydrogens (tertiary/aromatic N) is 5. The molecular formula is C12H12FN5O2. The SMILES string of the molecule is O=C(OF)[C@H]1CCCN1c1ccnc(-n2ccnc2)n1. The Kier molecular flexibility index (Phi) is 3.28. The van der Waals surface area contributed by atoms with Gasteiger partial charge in [0.05, 0.1) is 0 Å². The van der Waals surface area contributed by atoms with Crippen LogP contribution >= 0.6 is 0 Å². The highest BCUT2D eigenvalue weighted by Crippen LogP contribution is 2.25. The highest BCUT2D eigenvalue weighted by molar-refractivity contribution is 5.79. The summed E-state index contributed by atoms with van der Waals surface area (Å²) in [5, 5.41) is 0. The Morgan fingerprint density at radius 3 is 3.10 bits per heavy atom. The highest BCUT2D eigenvalue weighted by Gasteiger charge is 2.33. The molecule has 3 rings (SSSR count). The maximum absolute atomic E-state index is 12.1. The number of halogens is 1. The van der Waals surface area contributed by atoms with Gasteiger partial charge in [0, 0.05) is 29.7 Å². The topological polar surface area (TPSA) is 73.1 Å². The van der Waals surface area contributed by atoms with E-state index in [1.165, 1.54) is 0 Å². The average molecular weight is 277 g/mol. The van der Waals surface area contributed by atoms with Crippen LogP contribution in [0.3, 0.4) is 0 Å². The third-order valence-corrected chi connectivity index (χ3v) is 3.26. The maximum Gasteiger partial charge on any atom is 0.370 e. The average Bonchev–Trinajstić information content (AvgIpc) is 3.17. The summed E-state index contributed by atoms with van der Waals surface area (Å²) < 4.78 is 13.8. The van der Waals surface area contributed by atoms with Crippen LogP contribution in [-0.2, 0) is 9.74 Å². The second-order valence-electron chi connectivity index (χ2n) is 4.43. The molecule has 8 heteroatoms. The van der Waals surface area contributed by atoms with Gasteiger partial charge in [0.1, 0.15) is 18.2 Å². The molecule has 0 N–H and O–H groups in total. The number of rotatable bonds is 3. The maximum atomic E-state index is 12.1. The Labute approximate surface area is 113 Å². The van der Waals surface area contributed by atoms with E-state index in [9.17, 15) is 9.32 Å². The lowest BCUT2D eigenvalue weighted by Crippen LogP contribution is -2.37. The van der Waals surface area contributed by atoms with Gasteiger partial charge in [0.15, 0.2) is 0 Å². The van der Waals surface area contributed by atoms with Crippen LogP contribution in [0.4, 0.5) is 10.3 Å². The molecule has 20 heavy (non-hydrogen) atoms. The summed E-state index contributed by atoms with van der Waals surface area (Å²) in [5.41, 5.74) is 0. The Bertz CT molecular complexity index is 604. The minimum absolute atomic E-state index is 0.444. The van der Waals surface area contributed by atoms with Gasteiger partial charge >= 0.3 is 5.97 Å². The van der Waals surface area contributed by atoms with Gasteiger partial charge in [-0.1, -0.05) is 0 Å². The first-order valence-electron chi connectivity index (χ1n) is 6.20. The van der Waals surface area contributed by atoms with Crippen molar-refractivity contribution in [2.75, 3.05) is 11.4 Å². The van der Waals surface area contributed by atoms with Crippen LogP contribution in [-0.4, -0.2) is 38.1 Å². The molecule has 3 heterocycles. The van der Waals surface area contributed by atoms with Crippen molar-refractivity contribution >= 4 is 11.8 Å². The van der Waals surface area contributed by atoms with Crippen molar-refractivity contribution < 1.29 is 14.3 Å². The lowest BCUT2D eigenvalue weighted by molar-refractivity contribution is -0.185. The summed E-state index contributed by atoms with van der Waals surface area (Å²) in [5.74, 6) is 0.126. The molecular weight excluding hydrogens is 265 g/mol. The van der Waals surface area contributed by atoms with E-state index in [4.69, 9.17) is 0 Å². The third-order valence-electron chi connectivity index (χ3n) is 3.26. The predicted molar refractivity (Wildman–Crippen MR) is 66.7 cm³/mol. The van der Waals surface area contributed by atoms with Crippen LogP contribution in [0.15, 0.2) is 31.0 Å². The van der Waals surface area contributed by atoms with Gasteiger partial charge in [-0.05, 0) is 18.9 Å². The Morgan fingerprint density at radius 2 is 2.35 bits per heavy atom. The number of hydrogen-bond donors (Lipinski definition) is 0. The number of hydrogen-bond acceptors (Lipinski definition) is 6. The summed E-state index contributed by atoms with van der Waals surface area (Å²) >= 11 is 0. The van der Waals surface area contributed by atoms with Gasteiger partial charge in [-0.25, -0.2) is 14.8 Å². The van der Waals surface area contributed by atoms with Crippen LogP contribution < -0.4 is 4.90 Å². The van der Waals surface area contributed by atoms with Crippen molar-refractivity contribution in [2.24, 2.45) is 0 Å². The molecule has 1 fully saturated rings. The minimum Gasteiger partial charge on any atom is -0.343 e. The van der Waals surface area contributed by atoms with E-state index in [1.54, 1.807) is 40.5 Å². The van der Waals surface area contributed by atoms with Gasteiger partial charge < -0.3 is 4.90 Å². The fraction of sp³-hybridized carbons (Fsp3) is 0.333. The summed E-state index contributed by atoms with van der Waals surface area (Å²) in [6.07, 6.45) is 7.84. The molecule has 1 aliphatic heterocycles. The van der Waals surface area contributed by atoms with E-state index < -0.39 is 12.0 Å². The Balaban J connectivity index is 1.90. The lowest BCUT2D eigenvalue weighted by atomic mass is 10.2. The van der Waals surface area contributed by atoms with Crippen molar-refractivity contribution in [3.63, 3.8) is 0 Å². The largest absolute Gasteiger partial charge is 0.370 e.